The number of halogens is 1. The van der Waals surface area contributed by atoms with Crippen LogP contribution in [0.1, 0.15) is 16.1 Å². The van der Waals surface area contributed by atoms with Crippen molar-refractivity contribution in [1.29, 1.82) is 0 Å². The summed E-state index contributed by atoms with van der Waals surface area (Å²) in [6, 6.07) is 8.73. The molecule has 0 atom stereocenters. The molecule has 2 aromatic heterocycles. The van der Waals surface area contributed by atoms with Gasteiger partial charge in [0.1, 0.15) is 5.76 Å². The average Bonchev–Trinajstić information content (AvgIpc) is 3.41. The van der Waals surface area contributed by atoms with E-state index < -0.39 is 0 Å². The van der Waals surface area contributed by atoms with E-state index in [0.717, 1.165) is 5.13 Å². The molecular weight excluding hydrogens is 460 g/mol. The maximum Gasteiger partial charge on any atom is 0.255 e. The average molecular weight is 479 g/mol. The third-order valence-electron chi connectivity index (χ3n) is 4.56. The smallest absolute Gasteiger partial charge is 0.255 e. The van der Waals surface area contributed by atoms with Gasteiger partial charge in [-0.15, -0.1) is 10.2 Å². The molecule has 0 saturated carbocycles. The van der Waals surface area contributed by atoms with Gasteiger partial charge < -0.3 is 19.6 Å². The lowest BCUT2D eigenvalue weighted by atomic mass is 10.2. The number of rotatable bonds is 6. The Labute approximate surface area is 191 Å². The minimum Gasteiger partial charge on any atom is -0.360 e. The molecule has 1 N–H and O–H groups in total. The van der Waals surface area contributed by atoms with E-state index in [-0.39, 0.29) is 17.6 Å². The van der Waals surface area contributed by atoms with Crippen molar-refractivity contribution in [3.05, 3.63) is 46.7 Å². The summed E-state index contributed by atoms with van der Waals surface area (Å²) < 4.78 is 5.63. The Bertz CT molecular complexity index is 1080. The van der Waals surface area contributed by atoms with Gasteiger partial charge in [0.25, 0.3) is 5.91 Å². The van der Waals surface area contributed by atoms with Crippen molar-refractivity contribution < 1.29 is 14.1 Å². The zero-order valence-corrected chi connectivity index (χ0v) is 19.0. The Morgan fingerprint density at radius 1 is 1.23 bits per heavy atom. The van der Waals surface area contributed by atoms with E-state index in [1.54, 1.807) is 36.1 Å². The van der Waals surface area contributed by atoms with Crippen LogP contribution in [-0.2, 0) is 4.79 Å². The summed E-state index contributed by atoms with van der Waals surface area (Å²) in [6.07, 6.45) is 0. The Balaban J connectivity index is 1.26. The van der Waals surface area contributed by atoms with Crippen molar-refractivity contribution in [3.63, 3.8) is 0 Å². The molecule has 3 aromatic rings. The predicted octanol–water partition coefficient (Wildman–Crippen LogP) is 3.18. The number of aromatic nitrogens is 3. The van der Waals surface area contributed by atoms with Gasteiger partial charge in [-0.2, -0.15) is 0 Å². The topological polar surface area (TPSA) is 104 Å². The van der Waals surface area contributed by atoms with Gasteiger partial charge in [0.05, 0.1) is 16.3 Å². The molecule has 31 heavy (non-hydrogen) atoms. The van der Waals surface area contributed by atoms with Gasteiger partial charge in [-0.05, 0) is 19.1 Å². The second-order valence-electron chi connectivity index (χ2n) is 6.77. The van der Waals surface area contributed by atoms with Gasteiger partial charge in [-0.25, -0.2) is 0 Å². The standard InChI is InChI=1S/C19H19ClN6O3S2/c1-12-10-15(24-29-12)21-16(27)11-30-19-23-22-18(31-19)26-8-6-25(7-9-26)17(28)13-4-2-3-5-14(13)20/h2-5,10H,6-9,11H2,1H3,(H,21,24,27). The van der Waals surface area contributed by atoms with Crippen molar-refractivity contribution in [3.8, 4) is 0 Å². The number of benzene rings is 1. The fourth-order valence-electron chi connectivity index (χ4n) is 3.03. The lowest BCUT2D eigenvalue weighted by molar-refractivity contribution is -0.113. The summed E-state index contributed by atoms with van der Waals surface area (Å²) >= 11 is 8.89. The number of amides is 2. The number of nitrogens with one attached hydrogen (secondary N) is 1. The summed E-state index contributed by atoms with van der Waals surface area (Å²) in [5, 5.41) is 16.0. The third-order valence-corrected chi connectivity index (χ3v) is 7.01. The minimum atomic E-state index is -0.193. The van der Waals surface area contributed by atoms with Gasteiger partial charge in [-0.1, -0.05) is 52.0 Å². The van der Waals surface area contributed by atoms with Crippen molar-refractivity contribution in [2.75, 3.05) is 42.1 Å². The van der Waals surface area contributed by atoms with Crippen molar-refractivity contribution >= 4 is 57.5 Å². The highest BCUT2D eigenvalue weighted by Gasteiger charge is 2.25. The van der Waals surface area contributed by atoms with Crippen LogP contribution in [-0.4, -0.2) is 64.0 Å². The minimum absolute atomic E-state index is 0.0629. The summed E-state index contributed by atoms with van der Waals surface area (Å²) in [4.78, 5) is 28.6. The second-order valence-corrected chi connectivity index (χ2v) is 9.35. The fraction of sp³-hybridized carbons (Fsp3) is 0.316. The lowest BCUT2D eigenvalue weighted by Gasteiger charge is -2.34. The fourth-order valence-corrected chi connectivity index (χ4v) is 4.94. The number of anilines is 2. The largest absolute Gasteiger partial charge is 0.360 e. The normalized spacial score (nSPS) is 14.0. The summed E-state index contributed by atoms with van der Waals surface area (Å²) in [5.74, 6) is 0.963. The van der Waals surface area contributed by atoms with Gasteiger partial charge >= 0.3 is 0 Å². The molecule has 3 heterocycles. The predicted molar refractivity (Wildman–Crippen MR) is 120 cm³/mol. The van der Waals surface area contributed by atoms with Crippen LogP contribution in [0.25, 0.3) is 0 Å². The molecule has 1 aliphatic rings. The zero-order valence-electron chi connectivity index (χ0n) is 16.6. The van der Waals surface area contributed by atoms with Crippen LogP contribution in [0.2, 0.25) is 5.02 Å². The maximum atomic E-state index is 12.7. The number of thioether (sulfide) groups is 1. The molecule has 12 heteroatoms. The summed E-state index contributed by atoms with van der Waals surface area (Å²) in [6.45, 7) is 4.22. The number of piperazine rings is 1. The van der Waals surface area contributed by atoms with Crippen LogP contribution in [0.15, 0.2) is 39.2 Å². The number of aryl methyl sites for hydroxylation is 1. The first-order valence-electron chi connectivity index (χ1n) is 9.48. The first-order valence-corrected chi connectivity index (χ1v) is 11.7. The molecule has 1 aromatic carbocycles. The molecule has 9 nitrogen and oxygen atoms in total. The van der Waals surface area contributed by atoms with Gasteiger partial charge in [0.15, 0.2) is 10.2 Å². The van der Waals surface area contributed by atoms with E-state index in [0.29, 0.717) is 52.7 Å². The second kappa shape index (κ2) is 9.67. The highest BCUT2D eigenvalue weighted by molar-refractivity contribution is 8.01. The Morgan fingerprint density at radius 2 is 2.00 bits per heavy atom. The molecule has 4 rings (SSSR count). The van der Waals surface area contributed by atoms with E-state index in [1.807, 2.05) is 6.07 Å². The monoisotopic (exact) mass is 478 g/mol. The number of hydrogen-bond donors (Lipinski definition) is 1. The van der Waals surface area contributed by atoms with Gasteiger partial charge in [-0.3, -0.25) is 9.59 Å². The van der Waals surface area contributed by atoms with Crippen LogP contribution in [0.5, 0.6) is 0 Å². The van der Waals surface area contributed by atoms with Gasteiger partial charge in [0, 0.05) is 32.2 Å². The number of nitrogens with zero attached hydrogens (tertiary/aromatic N) is 5. The first-order chi connectivity index (χ1) is 15.0. The number of carbonyl (C=O) groups is 2. The SMILES string of the molecule is Cc1cc(NC(=O)CSc2nnc(N3CCN(C(=O)c4ccccc4Cl)CC3)s2)no1. The van der Waals surface area contributed by atoms with E-state index in [2.05, 4.69) is 25.6 Å². The molecule has 1 saturated heterocycles. The lowest BCUT2D eigenvalue weighted by Crippen LogP contribution is -2.48. The van der Waals surface area contributed by atoms with Crippen LogP contribution in [0.4, 0.5) is 10.9 Å². The molecule has 1 aliphatic heterocycles. The van der Waals surface area contributed by atoms with Crippen LogP contribution in [0, 0.1) is 6.92 Å². The molecular formula is C19H19ClN6O3S2. The highest BCUT2D eigenvalue weighted by Crippen LogP contribution is 2.29. The molecule has 162 valence electrons. The number of hydrogen-bond acceptors (Lipinski definition) is 9. The van der Waals surface area contributed by atoms with Crippen molar-refractivity contribution in [1.82, 2.24) is 20.3 Å². The highest BCUT2D eigenvalue weighted by atomic mass is 35.5. The third kappa shape index (κ3) is 5.35. The summed E-state index contributed by atoms with van der Waals surface area (Å²) in [7, 11) is 0. The maximum absolute atomic E-state index is 12.7. The molecule has 0 radical (unpaired) electrons. The number of carbonyl (C=O) groups excluding carboxylic acids is 2. The Kier molecular flexibility index (Phi) is 6.73. The van der Waals surface area contributed by atoms with Crippen molar-refractivity contribution in [2.45, 2.75) is 11.3 Å². The molecule has 0 unspecified atom stereocenters. The molecule has 0 bridgehead atoms. The molecule has 2 amide bonds. The van der Waals surface area contributed by atoms with Gasteiger partial charge in [0.2, 0.25) is 11.0 Å². The Hall–Kier alpha value is -2.63. The van der Waals surface area contributed by atoms with Crippen LogP contribution < -0.4 is 10.2 Å². The van der Waals surface area contributed by atoms with E-state index in [4.69, 9.17) is 16.1 Å². The van der Waals surface area contributed by atoms with E-state index in [9.17, 15) is 9.59 Å². The quantitative estimate of drug-likeness (QED) is 0.538. The van der Waals surface area contributed by atoms with E-state index >= 15 is 0 Å². The Morgan fingerprint density at radius 3 is 2.71 bits per heavy atom. The summed E-state index contributed by atoms with van der Waals surface area (Å²) in [5.41, 5.74) is 0.520. The van der Waals surface area contributed by atoms with E-state index in [1.165, 1.54) is 23.1 Å². The molecule has 0 spiro atoms. The molecule has 1 fully saturated rings. The zero-order chi connectivity index (χ0) is 21.8. The molecule has 0 aliphatic carbocycles. The van der Waals surface area contributed by atoms with Crippen LogP contribution in [0.3, 0.4) is 0 Å². The van der Waals surface area contributed by atoms with Crippen molar-refractivity contribution in [2.24, 2.45) is 0 Å². The first kappa shape index (κ1) is 21.6. The van der Waals surface area contributed by atoms with Crippen LogP contribution >= 0.6 is 34.7 Å².